The lowest BCUT2D eigenvalue weighted by Crippen LogP contribution is -2.33. The van der Waals surface area contributed by atoms with Crippen molar-refractivity contribution in [1.82, 2.24) is 5.32 Å². The van der Waals surface area contributed by atoms with Gasteiger partial charge in [-0.15, -0.1) is 0 Å². The van der Waals surface area contributed by atoms with Gasteiger partial charge >= 0.3 is 0 Å². The quantitative estimate of drug-likeness (QED) is 0.0801. The molecule has 0 aliphatic carbocycles. The van der Waals surface area contributed by atoms with Gasteiger partial charge in [0.05, 0.1) is 20.8 Å². The van der Waals surface area contributed by atoms with Crippen LogP contribution in [0.15, 0.2) is 22.3 Å². The molecule has 11 nitrogen and oxygen atoms in total. The van der Waals surface area contributed by atoms with Gasteiger partial charge in [0.1, 0.15) is 5.71 Å². The number of hydrogen-bond acceptors (Lipinski definition) is 8. The molecule has 1 rings (SSSR count). The molecule has 0 spiro atoms. The number of aliphatic imine (C=N–C) groups is 1. The number of guanidine groups is 1. The summed E-state index contributed by atoms with van der Waals surface area (Å²) >= 11 is 0. The highest BCUT2D eigenvalue weighted by atomic mass is 16.5. The van der Waals surface area contributed by atoms with Crippen LogP contribution in [0, 0.1) is 0 Å². The first-order chi connectivity index (χ1) is 15.5. The molecular formula is C21H36N6O5. The summed E-state index contributed by atoms with van der Waals surface area (Å²) in [5.41, 5.74) is 16.7. The van der Waals surface area contributed by atoms with E-state index < -0.39 is 5.91 Å². The van der Waals surface area contributed by atoms with Crippen LogP contribution in [0.4, 0.5) is 0 Å². The summed E-state index contributed by atoms with van der Waals surface area (Å²) < 4.78 is 16.5. The molecule has 0 saturated heterocycles. The van der Waals surface area contributed by atoms with Gasteiger partial charge in [-0.3, -0.25) is 9.79 Å². The van der Waals surface area contributed by atoms with Crippen LogP contribution in [0.2, 0.25) is 0 Å². The van der Waals surface area contributed by atoms with Gasteiger partial charge in [0, 0.05) is 19.5 Å². The zero-order valence-electron chi connectivity index (χ0n) is 18.9. The van der Waals surface area contributed by atoms with E-state index in [0.717, 1.165) is 25.7 Å². The van der Waals surface area contributed by atoms with E-state index in [4.69, 9.17) is 31.4 Å². The van der Waals surface area contributed by atoms with Crippen molar-refractivity contribution in [2.75, 3.05) is 40.5 Å². The van der Waals surface area contributed by atoms with Crippen molar-refractivity contribution >= 4 is 17.6 Å². The molecule has 0 fully saturated rings. The average Bonchev–Trinajstić information content (AvgIpc) is 2.79. The number of methoxy groups -OCH3 is 2. The van der Waals surface area contributed by atoms with Crippen molar-refractivity contribution in [2.24, 2.45) is 27.3 Å². The summed E-state index contributed by atoms with van der Waals surface area (Å²) in [6.07, 6.45) is 4.33. The van der Waals surface area contributed by atoms with Gasteiger partial charge in [-0.1, -0.05) is 18.0 Å². The Balaban J connectivity index is 2.62. The summed E-state index contributed by atoms with van der Waals surface area (Å²) in [5.74, 6) is 1.02. The topological polar surface area (TPSA) is 180 Å². The van der Waals surface area contributed by atoms with E-state index in [9.17, 15) is 10.0 Å². The number of unbranched alkanes of at least 4 members (excludes halogenated alkanes) is 3. The molecule has 0 atom stereocenters. The Hall–Kier alpha value is -3.21. The van der Waals surface area contributed by atoms with E-state index in [-0.39, 0.29) is 18.1 Å². The van der Waals surface area contributed by atoms with Crippen molar-refractivity contribution in [3.8, 4) is 17.2 Å². The maximum Gasteiger partial charge on any atom is 0.269 e. The summed E-state index contributed by atoms with van der Waals surface area (Å²) in [4.78, 5) is 16.3. The highest BCUT2D eigenvalue weighted by Gasteiger charge is 2.18. The molecule has 1 aromatic carbocycles. The predicted molar refractivity (Wildman–Crippen MR) is 124 cm³/mol. The van der Waals surface area contributed by atoms with Crippen molar-refractivity contribution < 1.29 is 24.2 Å². The first-order valence-electron chi connectivity index (χ1n) is 10.6. The van der Waals surface area contributed by atoms with E-state index in [2.05, 4.69) is 15.5 Å². The molecule has 1 aromatic rings. The summed E-state index contributed by atoms with van der Waals surface area (Å²) in [7, 11) is 3.03. The Bertz CT molecular complexity index is 740. The molecule has 0 heterocycles. The first-order valence-corrected chi connectivity index (χ1v) is 10.6. The van der Waals surface area contributed by atoms with Crippen LogP contribution in [0.5, 0.6) is 17.2 Å². The number of nitrogens with zero attached hydrogens (tertiary/aromatic N) is 2. The molecular weight excluding hydrogens is 416 g/mol. The Kier molecular flexibility index (Phi) is 13.1. The average molecular weight is 453 g/mol. The summed E-state index contributed by atoms with van der Waals surface area (Å²) in [6.45, 7) is 2.00. The fourth-order valence-electron chi connectivity index (χ4n) is 2.89. The second-order valence-electron chi connectivity index (χ2n) is 7.02. The minimum Gasteiger partial charge on any atom is -0.493 e. The lowest BCUT2D eigenvalue weighted by molar-refractivity contribution is -0.115. The largest absolute Gasteiger partial charge is 0.493 e. The molecule has 11 heteroatoms. The number of nitrogens with one attached hydrogen (secondary N) is 1. The fraction of sp³-hybridized carbons (Fsp3) is 0.571. The summed E-state index contributed by atoms with van der Waals surface area (Å²) in [5, 5.41) is 15.3. The first kappa shape index (κ1) is 26.8. The van der Waals surface area contributed by atoms with Crippen molar-refractivity contribution in [3.63, 3.8) is 0 Å². The van der Waals surface area contributed by atoms with Crippen LogP contribution >= 0.6 is 0 Å². The lowest BCUT2D eigenvalue weighted by Gasteiger charge is -2.16. The molecule has 1 amide bonds. The number of benzene rings is 1. The van der Waals surface area contributed by atoms with Crippen LogP contribution in [0.3, 0.4) is 0 Å². The molecule has 0 bridgehead atoms. The van der Waals surface area contributed by atoms with E-state index in [1.165, 1.54) is 14.2 Å². The number of hydrogen-bond donors (Lipinski definition) is 5. The number of carbonyl (C=O) groups is 1. The monoisotopic (exact) mass is 452 g/mol. The van der Waals surface area contributed by atoms with Crippen LogP contribution in [0.1, 0.15) is 37.7 Å². The van der Waals surface area contributed by atoms with Crippen molar-refractivity contribution in [1.29, 1.82) is 0 Å². The molecule has 8 N–H and O–H groups in total. The molecule has 0 saturated carbocycles. The second kappa shape index (κ2) is 15.6. The maximum atomic E-state index is 12.4. The molecule has 0 aliphatic heterocycles. The van der Waals surface area contributed by atoms with Crippen molar-refractivity contribution in [3.05, 3.63) is 17.7 Å². The van der Waals surface area contributed by atoms with E-state index in [1.807, 2.05) is 0 Å². The molecule has 0 radical (unpaired) electrons. The normalized spacial score (nSPS) is 11.0. The Labute approximate surface area is 189 Å². The maximum absolute atomic E-state index is 12.4. The Morgan fingerprint density at radius 1 is 1.06 bits per heavy atom. The van der Waals surface area contributed by atoms with E-state index in [0.29, 0.717) is 55.5 Å². The van der Waals surface area contributed by atoms with Crippen LogP contribution < -0.4 is 36.7 Å². The number of oxime groups is 1. The van der Waals surface area contributed by atoms with Gasteiger partial charge in [0.2, 0.25) is 5.75 Å². The third kappa shape index (κ3) is 9.73. The standard InChI is InChI=1S/C21H36N6O5/c1-30-17-13-15(14-18(31-2)19(17)32-11-7-8-22)12-16(27-29)20(28)25-9-5-3-4-6-10-26-21(23)24/h13-14,29H,3-12,22H2,1-2H3,(H,25,28)(H4,23,24,26)/b27-16+. The van der Waals surface area contributed by atoms with Crippen LogP contribution in [0.25, 0.3) is 0 Å². The summed E-state index contributed by atoms with van der Waals surface area (Å²) in [6, 6.07) is 3.44. The molecule has 0 unspecified atom stereocenters. The van der Waals surface area contributed by atoms with Crippen molar-refractivity contribution in [2.45, 2.75) is 38.5 Å². The lowest BCUT2D eigenvalue weighted by atomic mass is 10.1. The van der Waals surface area contributed by atoms with Gasteiger partial charge in [-0.25, -0.2) is 0 Å². The highest BCUT2D eigenvalue weighted by molar-refractivity contribution is 6.39. The zero-order chi connectivity index (χ0) is 23.8. The number of nitrogens with two attached hydrogens (primary N) is 3. The van der Waals surface area contributed by atoms with E-state index in [1.54, 1.807) is 12.1 Å². The highest BCUT2D eigenvalue weighted by Crippen LogP contribution is 2.38. The third-order valence-electron chi connectivity index (χ3n) is 4.53. The Morgan fingerprint density at radius 2 is 1.72 bits per heavy atom. The van der Waals surface area contributed by atoms with Crippen LogP contribution in [-0.4, -0.2) is 63.2 Å². The fourth-order valence-corrected chi connectivity index (χ4v) is 2.89. The number of ether oxygens (including phenoxy) is 3. The smallest absolute Gasteiger partial charge is 0.269 e. The zero-order valence-corrected chi connectivity index (χ0v) is 18.9. The molecule has 180 valence electrons. The molecule has 0 aliphatic rings. The molecule has 0 aromatic heterocycles. The van der Waals surface area contributed by atoms with Gasteiger partial charge < -0.3 is 41.9 Å². The number of carbonyl (C=O) groups excluding carboxylic acids is 1. The minimum atomic E-state index is -0.436. The Morgan fingerprint density at radius 3 is 2.28 bits per heavy atom. The number of amides is 1. The molecule has 32 heavy (non-hydrogen) atoms. The SMILES string of the molecule is COc1cc(C/C(=N\O)C(=O)NCCCCCCN=C(N)N)cc(OC)c1OCCCN. The van der Waals surface area contributed by atoms with Gasteiger partial charge in [-0.2, -0.15) is 0 Å². The predicted octanol–water partition coefficient (Wildman–Crippen LogP) is 0.754. The second-order valence-corrected chi connectivity index (χ2v) is 7.02. The van der Waals surface area contributed by atoms with Crippen LogP contribution in [-0.2, 0) is 11.2 Å². The number of rotatable bonds is 16. The minimum absolute atomic E-state index is 0.0151. The van der Waals surface area contributed by atoms with Gasteiger partial charge in [0.25, 0.3) is 5.91 Å². The van der Waals surface area contributed by atoms with Gasteiger partial charge in [0.15, 0.2) is 17.5 Å². The third-order valence-corrected chi connectivity index (χ3v) is 4.53. The van der Waals surface area contributed by atoms with E-state index >= 15 is 0 Å². The van der Waals surface area contributed by atoms with Gasteiger partial charge in [-0.05, 0) is 43.5 Å².